The van der Waals surface area contributed by atoms with E-state index in [0.29, 0.717) is 11.7 Å². The number of nitrogens with one attached hydrogen (secondary N) is 1. The Balaban J connectivity index is 2.15. The van der Waals surface area contributed by atoms with Crippen LogP contribution >= 0.6 is 15.9 Å². The Labute approximate surface area is 123 Å². The van der Waals surface area contributed by atoms with Gasteiger partial charge in [-0.3, -0.25) is 4.79 Å². The highest BCUT2D eigenvalue weighted by atomic mass is 79.9. The van der Waals surface area contributed by atoms with Crippen LogP contribution in [0.3, 0.4) is 0 Å². The van der Waals surface area contributed by atoms with Crippen molar-refractivity contribution in [1.82, 2.24) is 4.98 Å². The number of hydrogen-bond acceptors (Lipinski definition) is 2. The van der Waals surface area contributed by atoms with Gasteiger partial charge in [0.1, 0.15) is 5.82 Å². The second-order valence-corrected chi connectivity index (χ2v) is 6.73. The Morgan fingerprint density at radius 1 is 1.47 bits per heavy atom. The molecule has 1 saturated carbocycles. The molecule has 0 atom stereocenters. The van der Waals surface area contributed by atoms with Crippen LogP contribution in [0.25, 0.3) is 0 Å². The van der Waals surface area contributed by atoms with Crippen molar-refractivity contribution >= 4 is 27.7 Å². The number of carbonyl (C=O) groups is 1. The van der Waals surface area contributed by atoms with Crippen molar-refractivity contribution in [3.05, 3.63) is 22.8 Å². The first-order valence-electron chi connectivity index (χ1n) is 6.95. The lowest BCUT2D eigenvalue weighted by atomic mass is 9.77. The molecule has 4 heteroatoms. The predicted molar refractivity (Wildman–Crippen MR) is 80.9 cm³/mol. The van der Waals surface area contributed by atoms with Crippen molar-refractivity contribution < 1.29 is 4.79 Å². The van der Waals surface area contributed by atoms with E-state index in [9.17, 15) is 4.79 Å². The highest BCUT2D eigenvalue weighted by Gasteiger charge is 2.41. The van der Waals surface area contributed by atoms with E-state index in [0.717, 1.165) is 36.6 Å². The first-order valence-corrected chi connectivity index (χ1v) is 7.75. The van der Waals surface area contributed by atoms with E-state index in [1.54, 1.807) is 6.20 Å². The average Bonchev–Trinajstić information content (AvgIpc) is 2.81. The van der Waals surface area contributed by atoms with Crippen LogP contribution in [-0.2, 0) is 4.79 Å². The number of aromatic nitrogens is 1. The van der Waals surface area contributed by atoms with Crippen molar-refractivity contribution in [2.75, 3.05) is 5.32 Å². The van der Waals surface area contributed by atoms with Crippen molar-refractivity contribution in [1.29, 1.82) is 0 Å². The van der Waals surface area contributed by atoms with Crippen LogP contribution in [0.15, 0.2) is 22.8 Å². The highest BCUT2D eigenvalue weighted by Crippen LogP contribution is 2.44. The molecular weight excluding hydrogens is 304 g/mol. The van der Waals surface area contributed by atoms with Gasteiger partial charge in [0.15, 0.2) is 0 Å². The van der Waals surface area contributed by atoms with Crippen LogP contribution in [0.5, 0.6) is 0 Å². The van der Waals surface area contributed by atoms with E-state index in [-0.39, 0.29) is 11.3 Å². The third-order valence-electron chi connectivity index (χ3n) is 3.83. The number of amides is 1. The van der Waals surface area contributed by atoms with Crippen LogP contribution in [0.2, 0.25) is 0 Å². The molecule has 19 heavy (non-hydrogen) atoms. The third kappa shape index (κ3) is 3.35. The van der Waals surface area contributed by atoms with E-state index < -0.39 is 0 Å². The summed E-state index contributed by atoms with van der Waals surface area (Å²) in [5.41, 5.74) is -0.189. The number of nitrogens with zero attached hydrogens (tertiary/aromatic N) is 1. The lowest BCUT2D eigenvalue weighted by molar-refractivity contribution is -0.126. The summed E-state index contributed by atoms with van der Waals surface area (Å²) >= 11 is 3.42. The Hall–Kier alpha value is -0.900. The fourth-order valence-corrected chi connectivity index (χ4v) is 3.43. The van der Waals surface area contributed by atoms with Gasteiger partial charge in [0.25, 0.3) is 0 Å². The average molecular weight is 325 g/mol. The van der Waals surface area contributed by atoms with Gasteiger partial charge in [-0.1, -0.05) is 26.7 Å². The summed E-state index contributed by atoms with van der Waals surface area (Å²) in [4.78, 5) is 16.9. The van der Waals surface area contributed by atoms with Crippen molar-refractivity contribution in [2.45, 2.75) is 46.0 Å². The van der Waals surface area contributed by atoms with Gasteiger partial charge in [-0.05, 0) is 53.2 Å². The molecule has 0 aromatic carbocycles. The zero-order valence-electron chi connectivity index (χ0n) is 11.6. The summed E-state index contributed by atoms with van der Waals surface area (Å²) in [5, 5.41) is 3.00. The summed E-state index contributed by atoms with van der Waals surface area (Å²) < 4.78 is 0.834. The number of pyridine rings is 1. The third-order valence-corrected chi connectivity index (χ3v) is 4.47. The number of halogens is 1. The molecule has 1 aliphatic rings. The van der Waals surface area contributed by atoms with Gasteiger partial charge >= 0.3 is 0 Å². The zero-order chi connectivity index (χ0) is 13.9. The maximum atomic E-state index is 12.7. The molecule has 1 aromatic heterocycles. The van der Waals surface area contributed by atoms with Gasteiger partial charge < -0.3 is 5.32 Å². The molecule has 1 heterocycles. The summed E-state index contributed by atoms with van der Waals surface area (Å²) in [6, 6.07) is 3.74. The minimum atomic E-state index is -0.189. The Morgan fingerprint density at radius 3 is 2.74 bits per heavy atom. The molecule has 3 nitrogen and oxygen atoms in total. The molecule has 0 aliphatic heterocycles. The van der Waals surface area contributed by atoms with Gasteiger partial charge in [0.2, 0.25) is 5.91 Å². The molecule has 2 rings (SSSR count). The van der Waals surface area contributed by atoms with Gasteiger partial charge in [-0.2, -0.15) is 0 Å². The Kier molecular flexibility index (Phi) is 4.61. The zero-order valence-corrected chi connectivity index (χ0v) is 13.2. The Morgan fingerprint density at radius 2 is 2.16 bits per heavy atom. The molecule has 104 valence electrons. The lowest BCUT2D eigenvalue weighted by Gasteiger charge is -2.29. The van der Waals surface area contributed by atoms with Crippen molar-refractivity contribution in [2.24, 2.45) is 11.3 Å². The molecule has 0 radical (unpaired) electrons. The fourth-order valence-electron chi connectivity index (χ4n) is 3.07. The van der Waals surface area contributed by atoms with E-state index >= 15 is 0 Å². The van der Waals surface area contributed by atoms with Gasteiger partial charge in [0.05, 0.1) is 4.47 Å². The maximum absolute atomic E-state index is 12.7. The van der Waals surface area contributed by atoms with Crippen molar-refractivity contribution in [3.63, 3.8) is 0 Å². The predicted octanol–water partition coefficient (Wildman–Crippen LogP) is 4.39. The first-order chi connectivity index (χ1) is 9.03. The molecule has 1 amide bonds. The number of rotatable bonds is 4. The first kappa shape index (κ1) is 14.5. The summed E-state index contributed by atoms with van der Waals surface area (Å²) in [7, 11) is 0. The molecular formula is C15H21BrN2O. The summed E-state index contributed by atoms with van der Waals surface area (Å²) in [6.07, 6.45) is 6.98. The SMILES string of the molecule is CC(C)CC1(C(=O)Nc2ncccc2Br)CCCC1. The van der Waals surface area contributed by atoms with Gasteiger partial charge in [-0.25, -0.2) is 4.98 Å². The molecule has 1 aromatic rings. The number of hydrogen-bond donors (Lipinski definition) is 1. The summed E-state index contributed by atoms with van der Waals surface area (Å²) in [5.74, 6) is 1.30. The molecule has 0 saturated heterocycles. The Bertz CT molecular complexity index is 453. The van der Waals surface area contributed by atoms with E-state index in [4.69, 9.17) is 0 Å². The molecule has 0 bridgehead atoms. The van der Waals surface area contributed by atoms with Crippen LogP contribution in [-0.4, -0.2) is 10.9 Å². The lowest BCUT2D eigenvalue weighted by Crippen LogP contribution is -2.35. The van der Waals surface area contributed by atoms with Crippen LogP contribution in [0.4, 0.5) is 5.82 Å². The number of carbonyl (C=O) groups excluding carboxylic acids is 1. The van der Waals surface area contributed by atoms with E-state index in [1.807, 2.05) is 12.1 Å². The summed E-state index contributed by atoms with van der Waals surface area (Å²) in [6.45, 7) is 4.37. The maximum Gasteiger partial charge on any atom is 0.231 e. The van der Waals surface area contributed by atoms with E-state index in [1.165, 1.54) is 0 Å². The molecule has 1 aliphatic carbocycles. The molecule has 1 N–H and O–H groups in total. The molecule has 1 fully saturated rings. The van der Waals surface area contributed by atoms with Crippen molar-refractivity contribution in [3.8, 4) is 0 Å². The fraction of sp³-hybridized carbons (Fsp3) is 0.600. The number of anilines is 1. The van der Waals surface area contributed by atoms with Crippen LogP contribution in [0, 0.1) is 11.3 Å². The van der Waals surface area contributed by atoms with Crippen LogP contribution in [0.1, 0.15) is 46.0 Å². The topological polar surface area (TPSA) is 42.0 Å². The minimum absolute atomic E-state index is 0.137. The normalized spacial score (nSPS) is 17.7. The standard InChI is InChI=1S/C15H21BrN2O/c1-11(2)10-15(7-3-4-8-15)14(19)18-13-12(16)6-5-9-17-13/h5-6,9,11H,3-4,7-8,10H2,1-2H3,(H,17,18,19). The monoisotopic (exact) mass is 324 g/mol. The second kappa shape index (κ2) is 6.04. The molecule has 0 spiro atoms. The second-order valence-electron chi connectivity index (χ2n) is 5.87. The van der Waals surface area contributed by atoms with Crippen LogP contribution < -0.4 is 5.32 Å². The molecule has 0 unspecified atom stereocenters. The largest absolute Gasteiger partial charge is 0.309 e. The smallest absolute Gasteiger partial charge is 0.231 e. The highest BCUT2D eigenvalue weighted by molar-refractivity contribution is 9.10. The van der Waals surface area contributed by atoms with Gasteiger partial charge in [-0.15, -0.1) is 0 Å². The van der Waals surface area contributed by atoms with Gasteiger partial charge in [0, 0.05) is 11.6 Å². The van der Waals surface area contributed by atoms with E-state index in [2.05, 4.69) is 40.1 Å². The minimum Gasteiger partial charge on any atom is -0.309 e. The quantitative estimate of drug-likeness (QED) is 0.892.